The van der Waals surface area contributed by atoms with Gasteiger partial charge in [0, 0.05) is 54.1 Å². The van der Waals surface area contributed by atoms with Crippen LogP contribution >= 0.6 is 0 Å². The molecule has 0 saturated heterocycles. The molecule has 16 nitrogen and oxygen atoms in total. The number of allylic oxidation sites excluding steroid dienone is 5. The van der Waals surface area contributed by atoms with Gasteiger partial charge in [0.05, 0.1) is 35.7 Å². The highest BCUT2D eigenvalue weighted by Crippen LogP contribution is 2.61. The molecule has 1 aromatic heterocycles. The number of phenolic OH excluding ortho intramolecular Hbond substituents is 2. The van der Waals surface area contributed by atoms with Gasteiger partial charge in [-0.15, -0.1) is 0 Å². The van der Waals surface area contributed by atoms with Crippen molar-refractivity contribution in [3.05, 3.63) is 156 Å². The Morgan fingerprint density at radius 2 is 1.82 bits per heavy atom. The minimum Gasteiger partial charge on any atom is -0.508 e. The third-order valence-corrected chi connectivity index (χ3v) is 20.7. The molecule has 11 atom stereocenters. The number of carbonyl (C=O) groups excluding carboxylic acids is 1. The van der Waals surface area contributed by atoms with Crippen molar-refractivity contribution < 1.29 is 54.4 Å². The Balaban J connectivity index is 0.994. The number of fused-ring (bicyclic) bond motifs is 9. The number of aryl methyl sites for hydroxylation is 1. The van der Waals surface area contributed by atoms with Crippen LogP contribution in [0.25, 0.3) is 11.0 Å². The number of hydrogen-bond acceptors (Lipinski definition) is 16. The molecule has 442 valence electrons. The zero-order valence-electron chi connectivity index (χ0n) is 48.0. The quantitative estimate of drug-likeness (QED) is 0.0470. The van der Waals surface area contributed by atoms with Gasteiger partial charge in [0.15, 0.2) is 5.43 Å². The van der Waals surface area contributed by atoms with E-state index >= 15 is 4.79 Å². The van der Waals surface area contributed by atoms with Gasteiger partial charge in [-0.05, 0) is 178 Å². The van der Waals surface area contributed by atoms with Crippen molar-refractivity contribution in [3.8, 4) is 17.2 Å². The second-order valence-electron chi connectivity index (χ2n) is 25.3. The Labute approximate surface area is 484 Å². The first kappa shape index (κ1) is 57.1. The first-order valence-corrected chi connectivity index (χ1v) is 30.5. The molecule has 12 N–H and O–H groups in total. The zero-order valence-corrected chi connectivity index (χ0v) is 48.0. The third-order valence-electron chi connectivity index (χ3n) is 20.7. The van der Waals surface area contributed by atoms with Crippen molar-refractivity contribution in [2.75, 3.05) is 19.7 Å². The molecule has 4 aliphatic heterocycles. The number of esters is 1. The fraction of sp³-hybridized carbons (Fsp3) is 0.522. The number of rotatable bonds is 12. The molecule has 3 aromatic carbocycles. The number of nitrogens with one attached hydrogen (secondary N) is 3. The summed E-state index contributed by atoms with van der Waals surface area (Å²) in [6.07, 6.45) is 15.5. The minimum absolute atomic E-state index is 0.0119. The standard InChI is InChI=1S/C67H82N4O12/c1-4-50(67(80)24-18-40(32-67)37-10-9-11-39(26-37)52(75)19-23-66(79)21-7-6-8-22-66)64(78)82-54-31-48-60(77)58-53(76)30-43(34-72)81-62(58)59-56-46-20-25-70-63(68)57(46)45(17-13-36-12-15-42(74)29-47(36)49(56)35-73)44-16-14-38-28-55(69-5-2)71-33-41(38)27-51(44)65(54,3)83-61(48)59/h4,9-12,15,20,26,28-30,33,40,44-45,49,51-52,54-56,69-75,77,79-80H,5-8,13-14,16-19,21-25,27,31-32,34-35,68H2,1-3H3. The summed E-state index contributed by atoms with van der Waals surface area (Å²) in [5.41, 5.74) is 10.8. The monoisotopic (exact) mass is 1130 g/mol. The maximum Gasteiger partial charge on any atom is 0.337 e. The highest BCUT2D eigenvalue weighted by atomic mass is 16.6. The van der Waals surface area contributed by atoms with Crippen molar-refractivity contribution in [1.82, 2.24) is 16.0 Å². The molecule has 4 aromatic rings. The molecule has 0 amide bonds. The highest BCUT2D eigenvalue weighted by molar-refractivity contribution is 5.93. The van der Waals surface area contributed by atoms with Gasteiger partial charge >= 0.3 is 5.97 Å². The van der Waals surface area contributed by atoms with Crippen LogP contribution in [0.1, 0.15) is 174 Å². The first-order valence-electron chi connectivity index (χ1n) is 30.5. The van der Waals surface area contributed by atoms with Gasteiger partial charge in [0.1, 0.15) is 58.1 Å². The van der Waals surface area contributed by atoms with Crippen molar-refractivity contribution >= 4 is 16.9 Å². The number of nitrogens with two attached hydrogens (primary N) is 1. The molecule has 3 saturated carbocycles. The van der Waals surface area contributed by atoms with Crippen molar-refractivity contribution in [2.24, 2.45) is 23.5 Å². The maximum absolute atomic E-state index is 15.5. The van der Waals surface area contributed by atoms with Crippen LogP contribution < -0.4 is 31.8 Å². The molecule has 4 bridgehead atoms. The van der Waals surface area contributed by atoms with Crippen LogP contribution in [0.4, 0.5) is 0 Å². The van der Waals surface area contributed by atoms with Crippen LogP contribution in [0.2, 0.25) is 0 Å². The summed E-state index contributed by atoms with van der Waals surface area (Å²) in [4.78, 5) is 30.1. The average Bonchev–Trinajstić information content (AvgIpc) is 2.00. The lowest BCUT2D eigenvalue weighted by Crippen LogP contribution is -2.59. The van der Waals surface area contributed by atoms with Crippen LogP contribution in [0, 0.1) is 17.8 Å². The molecule has 5 heterocycles. The predicted molar refractivity (Wildman–Crippen MR) is 314 cm³/mol. The average molecular weight is 1140 g/mol. The number of aromatic hydroxyl groups is 2. The second-order valence-corrected chi connectivity index (χ2v) is 25.3. The first-order chi connectivity index (χ1) is 40.0. The number of aliphatic hydroxyl groups is 5. The molecule has 0 spiro atoms. The molecular weight excluding hydrogens is 1050 g/mol. The van der Waals surface area contributed by atoms with Gasteiger partial charge in [-0.25, -0.2) is 4.79 Å². The number of ether oxygens (including phenoxy) is 2. The van der Waals surface area contributed by atoms with Crippen LogP contribution in [0.3, 0.4) is 0 Å². The van der Waals surface area contributed by atoms with Gasteiger partial charge in [-0.1, -0.05) is 68.7 Å². The lowest BCUT2D eigenvalue weighted by Gasteiger charge is -2.52. The topological polar surface area (TPSA) is 269 Å². The molecule has 3 fully saturated rings. The predicted octanol–water partition coefficient (Wildman–Crippen LogP) is 8.36. The molecule has 16 heteroatoms. The molecule has 0 radical (unpaired) electrons. The van der Waals surface area contributed by atoms with E-state index in [0.29, 0.717) is 74.9 Å². The van der Waals surface area contributed by atoms with Crippen LogP contribution in [0.5, 0.6) is 17.2 Å². The summed E-state index contributed by atoms with van der Waals surface area (Å²) in [5.74, 6) is -3.30. The third kappa shape index (κ3) is 10.2. The fourth-order valence-corrected chi connectivity index (χ4v) is 16.4. The fourth-order valence-electron chi connectivity index (χ4n) is 16.4. The van der Waals surface area contributed by atoms with Crippen LogP contribution in [-0.4, -0.2) is 90.5 Å². The van der Waals surface area contributed by atoms with E-state index in [9.17, 15) is 40.5 Å². The van der Waals surface area contributed by atoms with Gasteiger partial charge in [-0.2, -0.15) is 0 Å². The number of likely N-dealkylation sites (N-methyl/N-ethyl adjacent to an activating group) is 1. The summed E-state index contributed by atoms with van der Waals surface area (Å²) in [7, 11) is 0. The van der Waals surface area contributed by atoms with Gasteiger partial charge < -0.3 is 66.0 Å². The van der Waals surface area contributed by atoms with E-state index in [-0.39, 0.29) is 82.5 Å². The van der Waals surface area contributed by atoms with E-state index in [1.165, 1.54) is 5.57 Å². The van der Waals surface area contributed by atoms with E-state index < -0.39 is 77.1 Å². The molecule has 12 rings (SSSR count). The van der Waals surface area contributed by atoms with Crippen molar-refractivity contribution in [2.45, 2.75) is 183 Å². The molecule has 8 aliphatic rings. The molecular formula is C67H82N4O12. The highest BCUT2D eigenvalue weighted by Gasteiger charge is 2.58. The van der Waals surface area contributed by atoms with E-state index in [1.54, 1.807) is 25.1 Å². The van der Waals surface area contributed by atoms with Gasteiger partial charge in [-0.3, -0.25) is 10.1 Å². The van der Waals surface area contributed by atoms with Crippen LogP contribution in [-0.2, 0) is 29.0 Å². The van der Waals surface area contributed by atoms with E-state index in [0.717, 1.165) is 78.1 Å². The lowest BCUT2D eigenvalue weighted by molar-refractivity contribution is -0.171. The molecule has 4 aliphatic carbocycles. The summed E-state index contributed by atoms with van der Waals surface area (Å²) < 4.78 is 21.4. The van der Waals surface area contributed by atoms with E-state index in [1.807, 2.05) is 37.3 Å². The Kier molecular flexibility index (Phi) is 15.5. The van der Waals surface area contributed by atoms with Crippen molar-refractivity contribution in [1.29, 1.82) is 0 Å². The summed E-state index contributed by atoms with van der Waals surface area (Å²) in [6, 6.07) is 14.2. The normalized spacial score (nSPS) is 30.4. The summed E-state index contributed by atoms with van der Waals surface area (Å²) in [6.45, 7) is 5.81. The van der Waals surface area contributed by atoms with Gasteiger partial charge in [0.25, 0.3) is 0 Å². The van der Waals surface area contributed by atoms with E-state index in [2.05, 4.69) is 41.2 Å². The van der Waals surface area contributed by atoms with E-state index in [4.69, 9.17) is 19.6 Å². The lowest BCUT2D eigenvalue weighted by atomic mass is 9.61. The smallest absolute Gasteiger partial charge is 0.337 e. The number of carbonyl (C=O) groups is 1. The molecule has 11 unspecified atom stereocenters. The largest absolute Gasteiger partial charge is 0.508 e. The SMILES string of the molecule is CC=C(C(=O)OC1Cc2c3c(c4oc(CO)cc(=O)c4c2O)C2C4=CCNC(N)=C4C(CCc4ccc(O)cc4C2CO)C2CCC4=CC(NCC)NC=C4CC2C1(C)O3)C1(O)CCC(c2cccc(C(O)CCC3(O)CCCCC3)c2)C1. The number of dihydropyridines is 2. The van der Waals surface area contributed by atoms with Gasteiger partial charge in [0.2, 0.25) is 0 Å². The Hall–Kier alpha value is -6.40. The zero-order chi connectivity index (χ0) is 58.1. The van der Waals surface area contributed by atoms with Crippen molar-refractivity contribution in [3.63, 3.8) is 0 Å². The maximum atomic E-state index is 15.5. The minimum atomic E-state index is -1.60. The summed E-state index contributed by atoms with van der Waals surface area (Å²) >= 11 is 0. The second kappa shape index (κ2) is 22.5. The number of phenols is 2. The molecule has 83 heavy (non-hydrogen) atoms. The Morgan fingerprint density at radius 3 is 2.59 bits per heavy atom. The summed E-state index contributed by atoms with van der Waals surface area (Å²) in [5, 5.41) is 92.6. The number of hydrogen-bond donors (Lipinski definition) is 11. The number of aliphatic hydroxyl groups excluding tert-OH is 3. The Morgan fingerprint density at radius 1 is 1.00 bits per heavy atom. The Bertz CT molecular complexity index is 3430. The number of benzene rings is 3. The van der Waals surface area contributed by atoms with Crippen LogP contribution in [0.15, 0.2) is 116 Å².